The highest BCUT2D eigenvalue weighted by atomic mass is 32.1. The zero-order valence-corrected chi connectivity index (χ0v) is 13.8. The van der Waals surface area contributed by atoms with Crippen LogP contribution in [0.25, 0.3) is 16.1 Å². The first kappa shape index (κ1) is 16.3. The van der Waals surface area contributed by atoms with E-state index in [0.29, 0.717) is 15.3 Å². The van der Waals surface area contributed by atoms with Crippen molar-refractivity contribution in [2.75, 3.05) is 0 Å². The van der Waals surface area contributed by atoms with Crippen LogP contribution in [-0.4, -0.2) is 4.57 Å². The zero-order valence-electron chi connectivity index (χ0n) is 13.0. The molecule has 24 heavy (non-hydrogen) atoms. The average Bonchev–Trinajstić information content (AvgIpc) is 3.13. The van der Waals surface area contributed by atoms with Gasteiger partial charge in [-0.15, -0.1) is 11.3 Å². The number of alkyl halides is 3. The number of nitriles is 1. The van der Waals surface area contributed by atoms with Crippen LogP contribution < -0.4 is 0 Å². The Balaban J connectivity index is 2.20. The van der Waals surface area contributed by atoms with Gasteiger partial charge in [-0.25, -0.2) is 0 Å². The number of aryl methyl sites for hydroxylation is 2. The van der Waals surface area contributed by atoms with Gasteiger partial charge in [0.25, 0.3) is 0 Å². The number of halogens is 3. The summed E-state index contributed by atoms with van der Waals surface area (Å²) in [5, 5.41) is 8.89. The monoisotopic (exact) mass is 346 g/mol. The molecule has 0 unspecified atom stereocenters. The number of benzene rings is 1. The van der Waals surface area contributed by atoms with Gasteiger partial charge in [0.15, 0.2) is 0 Å². The molecule has 0 saturated carbocycles. The lowest BCUT2D eigenvalue weighted by Crippen LogP contribution is -2.12. The Bertz CT molecular complexity index is 923. The number of hydrogen-bond acceptors (Lipinski definition) is 2. The van der Waals surface area contributed by atoms with Crippen molar-refractivity contribution >= 4 is 11.3 Å². The molecule has 0 aliphatic rings. The van der Waals surface area contributed by atoms with E-state index in [1.54, 1.807) is 48.7 Å². The Labute approximate surface area is 141 Å². The van der Waals surface area contributed by atoms with E-state index in [2.05, 4.69) is 0 Å². The molecule has 2 nitrogen and oxygen atoms in total. The number of nitrogens with zero attached hydrogens (tertiary/aromatic N) is 2. The standard InChI is InChI=1S/C18H13F3N2S/c1-11-3-4-12(2)23(11)16-7-5-13(9-15(16)18(19,20)21)17-8-6-14(10-22)24-17/h3-9H,1-2H3. The molecule has 0 spiro atoms. The summed E-state index contributed by atoms with van der Waals surface area (Å²) < 4.78 is 42.4. The van der Waals surface area contributed by atoms with Gasteiger partial charge in [-0.05, 0) is 55.8 Å². The summed E-state index contributed by atoms with van der Waals surface area (Å²) in [7, 11) is 0. The zero-order chi connectivity index (χ0) is 17.5. The largest absolute Gasteiger partial charge is 0.418 e. The Morgan fingerprint density at radius 3 is 2.21 bits per heavy atom. The van der Waals surface area contributed by atoms with Gasteiger partial charge < -0.3 is 4.57 Å². The van der Waals surface area contributed by atoms with Gasteiger partial charge in [0.05, 0.1) is 11.3 Å². The van der Waals surface area contributed by atoms with Crippen molar-refractivity contribution in [1.29, 1.82) is 5.26 Å². The number of aromatic nitrogens is 1. The molecule has 0 amide bonds. The molecule has 0 aliphatic carbocycles. The Kier molecular flexibility index (Phi) is 3.98. The van der Waals surface area contributed by atoms with Gasteiger partial charge >= 0.3 is 6.18 Å². The summed E-state index contributed by atoms with van der Waals surface area (Å²) in [4.78, 5) is 1.12. The van der Waals surface area contributed by atoms with Crippen molar-refractivity contribution in [3.8, 4) is 22.2 Å². The van der Waals surface area contributed by atoms with E-state index in [-0.39, 0.29) is 5.69 Å². The maximum absolute atomic E-state index is 13.6. The van der Waals surface area contributed by atoms with Crippen LogP contribution in [0.1, 0.15) is 21.8 Å². The molecule has 3 aromatic rings. The first-order valence-corrected chi connectivity index (χ1v) is 8.00. The number of hydrogen-bond donors (Lipinski definition) is 0. The normalized spacial score (nSPS) is 11.5. The lowest BCUT2D eigenvalue weighted by Gasteiger charge is -2.18. The molecule has 6 heteroatoms. The highest BCUT2D eigenvalue weighted by Gasteiger charge is 2.35. The second-order valence-electron chi connectivity index (χ2n) is 5.46. The molecule has 0 aliphatic heterocycles. The van der Waals surface area contributed by atoms with Crippen LogP contribution in [0.2, 0.25) is 0 Å². The van der Waals surface area contributed by atoms with Crippen molar-refractivity contribution in [2.45, 2.75) is 20.0 Å². The fraction of sp³-hybridized carbons (Fsp3) is 0.167. The molecule has 2 aromatic heterocycles. The molecule has 0 bridgehead atoms. The molecular formula is C18H13F3N2S. The molecule has 2 heterocycles. The third-order valence-electron chi connectivity index (χ3n) is 3.81. The highest BCUT2D eigenvalue weighted by Crippen LogP contribution is 2.39. The van der Waals surface area contributed by atoms with Crippen molar-refractivity contribution in [1.82, 2.24) is 4.57 Å². The van der Waals surface area contributed by atoms with Crippen LogP contribution in [0.4, 0.5) is 13.2 Å². The van der Waals surface area contributed by atoms with E-state index >= 15 is 0 Å². The molecule has 0 N–H and O–H groups in total. The van der Waals surface area contributed by atoms with Crippen LogP contribution in [0.15, 0.2) is 42.5 Å². The van der Waals surface area contributed by atoms with Crippen molar-refractivity contribution in [3.05, 3.63) is 64.3 Å². The first-order valence-electron chi connectivity index (χ1n) is 7.18. The van der Waals surface area contributed by atoms with Gasteiger partial charge in [-0.2, -0.15) is 18.4 Å². The quantitative estimate of drug-likeness (QED) is 0.584. The lowest BCUT2D eigenvalue weighted by atomic mass is 10.1. The minimum atomic E-state index is -4.47. The van der Waals surface area contributed by atoms with E-state index in [1.807, 2.05) is 6.07 Å². The maximum atomic E-state index is 13.6. The summed E-state index contributed by atoms with van der Waals surface area (Å²) >= 11 is 1.18. The fourth-order valence-electron chi connectivity index (χ4n) is 2.71. The van der Waals surface area contributed by atoms with Gasteiger partial charge in [0, 0.05) is 16.3 Å². The van der Waals surface area contributed by atoms with Crippen LogP contribution in [0.5, 0.6) is 0 Å². The summed E-state index contributed by atoms with van der Waals surface area (Å²) in [5.74, 6) is 0. The van der Waals surface area contributed by atoms with Crippen molar-refractivity contribution in [2.24, 2.45) is 0 Å². The predicted octanol–water partition coefficient (Wildman–Crippen LogP) is 5.71. The molecule has 3 rings (SSSR count). The molecule has 122 valence electrons. The average molecular weight is 346 g/mol. The summed E-state index contributed by atoms with van der Waals surface area (Å²) in [6.45, 7) is 3.55. The first-order chi connectivity index (χ1) is 11.3. The topological polar surface area (TPSA) is 28.7 Å². The summed E-state index contributed by atoms with van der Waals surface area (Å²) in [6, 6.07) is 13.2. The predicted molar refractivity (Wildman–Crippen MR) is 88.3 cm³/mol. The Morgan fingerprint density at radius 1 is 1.00 bits per heavy atom. The van der Waals surface area contributed by atoms with Gasteiger partial charge in [0.1, 0.15) is 10.9 Å². The molecule has 1 aromatic carbocycles. The van der Waals surface area contributed by atoms with E-state index in [1.165, 1.54) is 17.4 Å². The fourth-order valence-corrected chi connectivity index (χ4v) is 3.51. The highest BCUT2D eigenvalue weighted by molar-refractivity contribution is 7.16. The van der Waals surface area contributed by atoms with Crippen LogP contribution >= 0.6 is 11.3 Å². The molecule has 0 fully saturated rings. The summed E-state index contributed by atoms with van der Waals surface area (Å²) in [5.41, 5.74) is 1.37. The smallest absolute Gasteiger partial charge is 0.318 e. The van der Waals surface area contributed by atoms with Gasteiger partial charge in [0.2, 0.25) is 0 Å². The summed E-state index contributed by atoms with van der Waals surface area (Å²) in [6.07, 6.45) is -4.47. The second kappa shape index (κ2) is 5.84. The third kappa shape index (κ3) is 2.83. The van der Waals surface area contributed by atoms with E-state index in [9.17, 15) is 13.2 Å². The van der Waals surface area contributed by atoms with E-state index in [4.69, 9.17) is 5.26 Å². The molecule has 0 atom stereocenters. The van der Waals surface area contributed by atoms with Gasteiger partial charge in [-0.1, -0.05) is 6.07 Å². The Hall–Kier alpha value is -2.52. The number of thiophene rings is 1. The van der Waals surface area contributed by atoms with Crippen LogP contribution in [0, 0.1) is 25.2 Å². The lowest BCUT2D eigenvalue weighted by molar-refractivity contribution is -0.137. The van der Waals surface area contributed by atoms with Crippen LogP contribution in [0.3, 0.4) is 0 Å². The third-order valence-corrected chi connectivity index (χ3v) is 4.85. The molecule has 0 saturated heterocycles. The van der Waals surface area contributed by atoms with Crippen molar-refractivity contribution < 1.29 is 13.2 Å². The molecule has 0 radical (unpaired) electrons. The Morgan fingerprint density at radius 2 is 1.67 bits per heavy atom. The minimum Gasteiger partial charge on any atom is -0.318 e. The SMILES string of the molecule is Cc1ccc(C)n1-c1ccc(-c2ccc(C#N)s2)cc1C(F)(F)F. The minimum absolute atomic E-state index is 0.114. The maximum Gasteiger partial charge on any atom is 0.418 e. The van der Waals surface area contributed by atoms with E-state index < -0.39 is 11.7 Å². The second-order valence-corrected chi connectivity index (χ2v) is 6.54. The van der Waals surface area contributed by atoms with Crippen molar-refractivity contribution in [3.63, 3.8) is 0 Å². The number of rotatable bonds is 2. The molecular weight excluding hydrogens is 333 g/mol. The van der Waals surface area contributed by atoms with E-state index in [0.717, 1.165) is 17.5 Å². The van der Waals surface area contributed by atoms with Gasteiger partial charge in [-0.3, -0.25) is 0 Å². The van der Waals surface area contributed by atoms with Crippen LogP contribution in [-0.2, 0) is 6.18 Å².